The number of halogens is 1. The molecule has 1 fully saturated rings. The molecule has 8 heteroatoms. The van der Waals surface area contributed by atoms with Crippen LogP contribution in [0.4, 0.5) is 5.95 Å². The summed E-state index contributed by atoms with van der Waals surface area (Å²) in [6, 6.07) is 0.105. The van der Waals surface area contributed by atoms with E-state index in [0.717, 1.165) is 32.1 Å². The minimum absolute atomic E-state index is 0.0145. The first-order valence-electron chi connectivity index (χ1n) is 6.48. The number of rotatable bonds is 5. The molecule has 0 radical (unpaired) electrons. The highest BCUT2D eigenvalue weighted by Crippen LogP contribution is 2.34. The second-order valence-electron chi connectivity index (χ2n) is 4.95. The summed E-state index contributed by atoms with van der Waals surface area (Å²) in [6.07, 6.45) is 4.64. The topological polar surface area (TPSA) is 97.2 Å². The smallest absolute Gasteiger partial charge is 0.322 e. The fraction of sp³-hybridized carbons (Fsp3) is 0.667. The predicted octanol–water partition coefficient (Wildman–Crippen LogP) is 2.12. The van der Waals surface area contributed by atoms with Crippen molar-refractivity contribution in [1.82, 2.24) is 15.0 Å². The lowest BCUT2D eigenvalue weighted by atomic mass is 9.79. The van der Waals surface area contributed by atoms with Gasteiger partial charge in [-0.2, -0.15) is 15.0 Å². The van der Waals surface area contributed by atoms with E-state index in [1.807, 2.05) is 0 Å². The molecule has 7 nitrogen and oxygen atoms in total. The molecule has 1 heterocycles. The summed E-state index contributed by atoms with van der Waals surface area (Å²) >= 11 is 5.80. The third kappa shape index (κ3) is 3.69. The first kappa shape index (κ1) is 14.8. The molecule has 1 aromatic heterocycles. The van der Waals surface area contributed by atoms with Crippen LogP contribution in [-0.2, 0) is 4.79 Å². The van der Waals surface area contributed by atoms with E-state index >= 15 is 0 Å². The van der Waals surface area contributed by atoms with Crippen LogP contribution in [-0.4, -0.2) is 38.7 Å². The van der Waals surface area contributed by atoms with Gasteiger partial charge in [0, 0.05) is 0 Å². The number of ether oxygens (including phenoxy) is 1. The molecular weight excluding hydrogens is 284 g/mol. The summed E-state index contributed by atoms with van der Waals surface area (Å²) in [5, 5.41) is 12.3. The number of methoxy groups -OCH3 is 1. The molecular formula is C12H17ClN4O3. The number of hydrogen-bond acceptors (Lipinski definition) is 6. The Morgan fingerprint density at radius 3 is 2.65 bits per heavy atom. The number of hydrogen-bond donors (Lipinski definition) is 2. The maximum atomic E-state index is 11.1. The summed E-state index contributed by atoms with van der Waals surface area (Å²) in [5.74, 6) is -0.587. The molecule has 0 bridgehead atoms. The average Bonchev–Trinajstić information content (AvgIpc) is 2.37. The van der Waals surface area contributed by atoms with Gasteiger partial charge >= 0.3 is 12.0 Å². The number of carboxylic acids is 1. The number of aromatic nitrogens is 3. The monoisotopic (exact) mass is 300 g/mol. The Kier molecular flexibility index (Phi) is 4.59. The van der Waals surface area contributed by atoms with Crippen molar-refractivity contribution in [3.05, 3.63) is 5.28 Å². The van der Waals surface area contributed by atoms with E-state index in [0.29, 0.717) is 0 Å². The molecule has 110 valence electrons. The van der Waals surface area contributed by atoms with Crippen molar-refractivity contribution in [2.24, 2.45) is 0 Å². The van der Waals surface area contributed by atoms with E-state index in [1.54, 1.807) is 0 Å². The van der Waals surface area contributed by atoms with Crippen LogP contribution < -0.4 is 10.1 Å². The molecule has 0 aliphatic heterocycles. The Morgan fingerprint density at radius 2 is 2.05 bits per heavy atom. The van der Waals surface area contributed by atoms with Crippen LogP contribution in [0, 0.1) is 0 Å². The molecule has 0 amide bonds. The summed E-state index contributed by atoms with van der Waals surface area (Å²) in [7, 11) is 1.43. The minimum atomic E-state index is -0.841. The van der Waals surface area contributed by atoms with Crippen molar-refractivity contribution in [3.8, 4) is 6.01 Å². The largest absolute Gasteiger partial charge is 0.481 e. The van der Waals surface area contributed by atoms with Crippen LogP contribution in [0.3, 0.4) is 0 Å². The van der Waals surface area contributed by atoms with Gasteiger partial charge in [-0.3, -0.25) is 4.79 Å². The van der Waals surface area contributed by atoms with Crippen LogP contribution in [0.1, 0.15) is 38.5 Å². The molecule has 2 rings (SSSR count). The summed E-state index contributed by atoms with van der Waals surface area (Å²) in [6.45, 7) is 0. The fourth-order valence-corrected chi connectivity index (χ4v) is 2.73. The van der Waals surface area contributed by atoms with Gasteiger partial charge in [0.25, 0.3) is 0 Å². The lowest BCUT2D eigenvalue weighted by Crippen LogP contribution is -2.42. The Bertz CT molecular complexity index is 492. The van der Waals surface area contributed by atoms with Gasteiger partial charge in [0.1, 0.15) is 0 Å². The third-order valence-corrected chi connectivity index (χ3v) is 3.62. The molecule has 1 aromatic rings. The van der Waals surface area contributed by atoms with Crippen molar-refractivity contribution in [2.45, 2.75) is 44.1 Å². The van der Waals surface area contributed by atoms with Gasteiger partial charge in [-0.25, -0.2) is 0 Å². The standard InChI is InChI=1S/C12H17ClN4O3/c1-20-11-15-9(13)14-10(16-11)17-12(7-8(18)19)5-3-2-4-6-12/h2-7H2,1H3,(H,18,19)(H,14,15,16,17). The molecule has 1 aliphatic rings. The average molecular weight is 301 g/mol. The Hall–Kier alpha value is -1.63. The molecule has 0 spiro atoms. The Balaban J connectivity index is 2.22. The number of nitrogens with zero attached hydrogens (tertiary/aromatic N) is 3. The van der Waals surface area contributed by atoms with Crippen molar-refractivity contribution < 1.29 is 14.6 Å². The highest BCUT2D eigenvalue weighted by molar-refractivity contribution is 6.28. The minimum Gasteiger partial charge on any atom is -0.481 e. The molecule has 2 N–H and O–H groups in total. The van der Waals surface area contributed by atoms with Crippen LogP contribution in [0.25, 0.3) is 0 Å². The second kappa shape index (κ2) is 6.21. The van der Waals surface area contributed by atoms with Gasteiger partial charge < -0.3 is 15.2 Å². The van der Waals surface area contributed by atoms with Gasteiger partial charge in [0.15, 0.2) is 0 Å². The summed E-state index contributed by atoms with van der Waals surface area (Å²) < 4.78 is 4.94. The van der Waals surface area contributed by atoms with Crippen LogP contribution in [0.15, 0.2) is 0 Å². The zero-order valence-corrected chi connectivity index (χ0v) is 12.0. The lowest BCUT2D eigenvalue weighted by molar-refractivity contribution is -0.138. The number of nitrogens with one attached hydrogen (secondary N) is 1. The molecule has 0 atom stereocenters. The van der Waals surface area contributed by atoms with Gasteiger partial charge in [-0.15, -0.1) is 0 Å². The SMILES string of the molecule is COc1nc(Cl)nc(NC2(CC(=O)O)CCCCC2)n1. The van der Waals surface area contributed by atoms with Crippen molar-refractivity contribution >= 4 is 23.5 Å². The zero-order valence-electron chi connectivity index (χ0n) is 11.2. The van der Waals surface area contributed by atoms with E-state index in [4.69, 9.17) is 21.4 Å². The van der Waals surface area contributed by atoms with Gasteiger partial charge in [0.2, 0.25) is 11.2 Å². The maximum absolute atomic E-state index is 11.1. The number of aliphatic carboxylic acids is 1. The number of carboxylic acid groups (broad SMARTS) is 1. The molecule has 0 unspecified atom stereocenters. The van der Waals surface area contributed by atoms with Crippen LogP contribution >= 0.6 is 11.6 Å². The molecule has 20 heavy (non-hydrogen) atoms. The van der Waals surface area contributed by atoms with Crippen molar-refractivity contribution in [1.29, 1.82) is 0 Å². The van der Waals surface area contributed by atoms with Gasteiger partial charge in [-0.05, 0) is 24.4 Å². The normalized spacial score (nSPS) is 17.5. The van der Waals surface area contributed by atoms with Crippen molar-refractivity contribution in [3.63, 3.8) is 0 Å². The summed E-state index contributed by atoms with van der Waals surface area (Å²) in [4.78, 5) is 23.0. The fourth-order valence-electron chi connectivity index (χ4n) is 2.58. The molecule has 1 aliphatic carbocycles. The Labute approximate surface area is 121 Å². The predicted molar refractivity (Wildman–Crippen MR) is 73.1 cm³/mol. The van der Waals surface area contributed by atoms with Crippen LogP contribution in [0.2, 0.25) is 5.28 Å². The highest BCUT2D eigenvalue weighted by Gasteiger charge is 2.35. The van der Waals surface area contributed by atoms with Crippen molar-refractivity contribution in [2.75, 3.05) is 12.4 Å². The quantitative estimate of drug-likeness (QED) is 0.859. The lowest BCUT2D eigenvalue weighted by Gasteiger charge is -2.36. The maximum Gasteiger partial charge on any atom is 0.322 e. The summed E-state index contributed by atoms with van der Waals surface area (Å²) in [5.41, 5.74) is -0.528. The zero-order chi connectivity index (χ0) is 14.6. The third-order valence-electron chi connectivity index (χ3n) is 3.45. The molecule has 0 saturated heterocycles. The van der Waals surface area contributed by atoms with Gasteiger partial charge in [-0.1, -0.05) is 19.3 Å². The number of carbonyl (C=O) groups is 1. The van der Waals surface area contributed by atoms with E-state index in [2.05, 4.69) is 20.3 Å². The van der Waals surface area contributed by atoms with E-state index in [1.165, 1.54) is 7.11 Å². The Morgan fingerprint density at radius 1 is 1.35 bits per heavy atom. The first-order valence-corrected chi connectivity index (χ1v) is 6.86. The first-order chi connectivity index (χ1) is 9.53. The van der Waals surface area contributed by atoms with Gasteiger partial charge in [0.05, 0.1) is 19.1 Å². The number of anilines is 1. The van der Waals surface area contributed by atoms with Crippen LogP contribution in [0.5, 0.6) is 6.01 Å². The van der Waals surface area contributed by atoms with E-state index < -0.39 is 11.5 Å². The molecule has 0 aromatic carbocycles. The molecule has 1 saturated carbocycles. The second-order valence-corrected chi connectivity index (χ2v) is 5.29. The van der Waals surface area contributed by atoms with E-state index in [9.17, 15) is 4.79 Å². The van der Waals surface area contributed by atoms with E-state index in [-0.39, 0.29) is 23.7 Å². The highest BCUT2D eigenvalue weighted by atomic mass is 35.5.